The Morgan fingerprint density at radius 3 is 2.94 bits per heavy atom. The zero-order valence-corrected chi connectivity index (χ0v) is 10.6. The number of hydrogen-bond acceptors (Lipinski definition) is 3. The highest BCUT2D eigenvalue weighted by molar-refractivity contribution is 5.37. The number of aliphatic hydroxyl groups is 1. The van der Waals surface area contributed by atoms with Gasteiger partial charge in [0.2, 0.25) is 0 Å². The number of rotatable bonds is 4. The lowest BCUT2D eigenvalue weighted by Crippen LogP contribution is -2.28. The molecule has 2 unspecified atom stereocenters. The molecule has 17 heavy (non-hydrogen) atoms. The van der Waals surface area contributed by atoms with Crippen LogP contribution in [0.25, 0.3) is 0 Å². The molecule has 2 atom stereocenters. The lowest BCUT2D eigenvalue weighted by atomic mass is 9.99. The second-order valence-electron chi connectivity index (χ2n) is 4.61. The van der Waals surface area contributed by atoms with Crippen LogP contribution in [0.1, 0.15) is 37.0 Å². The third kappa shape index (κ3) is 2.79. The van der Waals surface area contributed by atoms with Crippen molar-refractivity contribution in [2.75, 3.05) is 13.2 Å². The molecule has 3 nitrogen and oxygen atoms in total. The first-order chi connectivity index (χ1) is 8.22. The molecule has 3 heteroatoms. The van der Waals surface area contributed by atoms with Crippen molar-refractivity contribution in [1.29, 1.82) is 0 Å². The van der Waals surface area contributed by atoms with Gasteiger partial charge < -0.3 is 15.2 Å². The van der Waals surface area contributed by atoms with Gasteiger partial charge in [0.15, 0.2) is 0 Å². The fraction of sp³-hybridized carbons (Fsp3) is 0.571. The summed E-state index contributed by atoms with van der Waals surface area (Å²) < 4.78 is 5.50. The maximum absolute atomic E-state index is 10.3. The van der Waals surface area contributed by atoms with E-state index in [2.05, 4.69) is 5.32 Å². The minimum atomic E-state index is -0.410. The van der Waals surface area contributed by atoms with Gasteiger partial charge in [-0.1, -0.05) is 6.07 Å². The average Bonchev–Trinajstić information content (AvgIpc) is 2.84. The second-order valence-corrected chi connectivity index (χ2v) is 4.61. The molecule has 1 aliphatic rings. The van der Waals surface area contributed by atoms with Crippen LogP contribution in [0.5, 0.6) is 5.75 Å². The van der Waals surface area contributed by atoms with E-state index in [9.17, 15) is 5.11 Å². The van der Waals surface area contributed by atoms with Gasteiger partial charge in [0.25, 0.3) is 0 Å². The van der Waals surface area contributed by atoms with E-state index in [-0.39, 0.29) is 6.04 Å². The number of aryl methyl sites for hydroxylation is 1. The number of ether oxygens (including phenoxy) is 1. The molecular weight excluding hydrogens is 214 g/mol. The van der Waals surface area contributed by atoms with Crippen molar-refractivity contribution >= 4 is 0 Å². The Labute approximate surface area is 103 Å². The maximum atomic E-state index is 10.3. The molecule has 0 aromatic heterocycles. The first kappa shape index (κ1) is 12.4. The van der Waals surface area contributed by atoms with Crippen LogP contribution < -0.4 is 10.1 Å². The van der Waals surface area contributed by atoms with Crippen molar-refractivity contribution in [3.8, 4) is 5.75 Å². The smallest absolute Gasteiger partial charge is 0.122 e. The van der Waals surface area contributed by atoms with E-state index < -0.39 is 6.10 Å². The first-order valence-electron chi connectivity index (χ1n) is 6.37. The zero-order valence-electron chi connectivity index (χ0n) is 10.6. The molecular formula is C14H21NO2. The molecule has 1 aliphatic heterocycles. The van der Waals surface area contributed by atoms with Gasteiger partial charge in [0.1, 0.15) is 5.75 Å². The summed E-state index contributed by atoms with van der Waals surface area (Å²) in [5.41, 5.74) is 2.06. The van der Waals surface area contributed by atoms with Gasteiger partial charge in [0, 0.05) is 6.04 Å². The van der Waals surface area contributed by atoms with E-state index in [0.717, 1.165) is 36.3 Å². The number of benzene rings is 1. The SMILES string of the molecule is CCOc1ccc(C(O)C2CCCN2)cc1C. The molecule has 1 aromatic rings. The average molecular weight is 235 g/mol. The molecule has 0 bridgehead atoms. The Morgan fingerprint density at radius 2 is 2.35 bits per heavy atom. The van der Waals surface area contributed by atoms with Gasteiger partial charge in [-0.2, -0.15) is 0 Å². The van der Waals surface area contributed by atoms with Crippen LogP contribution in [0.15, 0.2) is 18.2 Å². The molecule has 1 heterocycles. The van der Waals surface area contributed by atoms with E-state index in [0.29, 0.717) is 6.61 Å². The predicted molar refractivity (Wildman–Crippen MR) is 68.3 cm³/mol. The monoisotopic (exact) mass is 235 g/mol. The Morgan fingerprint density at radius 1 is 1.53 bits per heavy atom. The normalized spacial score (nSPS) is 21.5. The standard InChI is InChI=1S/C14H21NO2/c1-3-17-13-7-6-11(9-10(13)2)14(16)12-5-4-8-15-12/h6-7,9,12,14-16H,3-5,8H2,1-2H3. The molecule has 0 radical (unpaired) electrons. The minimum Gasteiger partial charge on any atom is -0.494 e. The Kier molecular flexibility index (Phi) is 4.02. The van der Waals surface area contributed by atoms with Crippen molar-refractivity contribution in [3.63, 3.8) is 0 Å². The molecule has 94 valence electrons. The highest BCUT2D eigenvalue weighted by Gasteiger charge is 2.24. The summed E-state index contributed by atoms with van der Waals surface area (Å²) in [4.78, 5) is 0. The van der Waals surface area contributed by atoms with Gasteiger partial charge in [-0.25, -0.2) is 0 Å². The second kappa shape index (κ2) is 5.52. The predicted octanol–water partition coefficient (Wildman–Crippen LogP) is 2.18. The molecule has 0 spiro atoms. The van der Waals surface area contributed by atoms with Crippen molar-refractivity contribution in [2.45, 2.75) is 38.8 Å². The van der Waals surface area contributed by atoms with E-state index in [1.54, 1.807) is 0 Å². The van der Waals surface area contributed by atoms with Gasteiger partial charge in [-0.15, -0.1) is 0 Å². The quantitative estimate of drug-likeness (QED) is 0.840. The first-order valence-corrected chi connectivity index (χ1v) is 6.37. The molecule has 0 saturated carbocycles. The van der Waals surface area contributed by atoms with E-state index in [4.69, 9.17) is 4.74 Å². The zero-order chi connectivity index (χ0) is 12.3. The van der Waals surface area contributed by atoms with Crippen molar-refractivity contribution in [2.24, 2.45) is 0 Å². The van der Waals surface area contributed by atoms with Gasteiger partial charge >= 0.3 is 0 Å². The van der Waals surface area contributed by atoms with E-state index >= 15 is 0 Å². The maximum Gasteiger partial charge on any atom is 0.122 e. The molecule has 2 rings (SSSR count). The van der Waals surface area contributed by atoms with Gasteiger partial charge in [0.05, 0.1) is 12.7 Å². The lowest BCUT2D eigenvalue weighted by Gasteiger charge is -2.19. The van der Waals surface area contributed by atoms with Crippen LogP contribution in [-0.2, 0) is 0 Å². The van der Waals surface area contributed by atoms with Crippen molar-refractivity contribution < 1.29 is 9.84 Å². The largest absolute Gasteiger partial charge is 0.494 e. The summed E-state index contributed by atoms with van der Waals surface area (Å²) in [5, 5.41) is 13.6. The lowest BCUT2D eigenvalue weighted by molar-refractivity contribution is 0.137. The molecule has 1 saturated heterocycles. The van der Waals surface area contributed by atoms with Crippen LogP contribution in [0, 0.1) is 6.92 Å². The number of nitrogens with one attached hydrogen (secondary N) is 1. The molecule has 2 N–H and O–H groups in total. The number of hydrogen-bond donors (Lipinski definition) is 2. The van der Waals surface area contributed by atoms with Crippen LogP contribution in [0.2, 0.25) is 0 Å². The third-order valence-corrected chi connectivity index (χ3v) is 3.32. The minimum absolute atomic E-state index is 0.201. The molecule has 0 aliphatic carbocycles. The fourth-order valence-corrected chi connectivity index (χ4v) is 2.39. The summed E-state index contributed by atoms with van der Waals surface area (Å²) in [6.45, 7) is 5.68. The highest BCUT2D eigenvalue weighted by Crippen LogP contribution is 2.27. The van der Waals surface area contributed by atoms with Crippen LogP contribution >= 0.6 is 0 Å². The fourth-order valence-electron chi connectivity index (χ4n) is 2.39. The van der Waals surface area contributed by atoms with E-state index in [1.165, 1.54) is 0 Å². The Balaban J connectivity index is 2.12. The summed E-state index contributed by atoms with van der Waals surface area (Å²) in [6.07, 6.45) is 1.79. The Hall–Kier alpha value is -1.06. The number of aliphatic hydroxyl groups excluding tert-OH is 1. The summed E-state index contributed by atoms with van der Waals surface area (Å²) in [5.74, 6) is 0.905. The summed E-state index contributed by atoms with van der Waals surface area (Å²) in [6, 6.07) is 6.14. The van der Waals surface area contributed by atoms with Crippen LogP contribution in [0.3, 0.4) is 0 Å². The van der Waals surface area contributed by atoms with Crippen molar-refractivity contribution in [1.82, 2.24) is 5.32 Å². The molecule has 1 aromatic carbocycles. The van der Waals surface area contributed by atoms with E-state index in [1.807, 2.05) is 32.0 Å². The highest BCUT2D eigenvalue weighted by atomic mass is 16.5. The molecule has 0 amide bonds. The Bertz CT molecular complexity index is 372. The van der Waals surface area contributed by atoms with Gasteiger partial charge in [-0.05, 0) is 56.5 Å². The van der Waals surface area contributed by atoms with Crippen LogP contribution in [-0.4, -0.2) is 24.3 Å². The summed E-state index contributed by atoms with van der Waals surface area (Å²) >= 11 is 0. The molecule has 1 fully saturated rings. The van der Waals surface area contributed by atoms with Crippen molar-refractivity contribution in [3.05, 3.63) is 29.3 Å². The van der Waals surface area contributed by atoms with Crippen LogP contribution in [0.4, 0.5) is 0 Å². The van der Waals surface area contributed by atoms with Gasteiger partial charge in [-0.3, -0.25) is 0 Å². The summed E-state index contributed by atoms with van der Waals surface area (Å²) in [7, 11) is 0. The topological polar surface area (TPSA) is 41.5 Å². The third-order valence-electron chi connectivity index (χ3n) is 3.32.